The molecule has 0 saturated heterocycles. The molecule has 0 unspecified atom stereocenters. The predicted octanol–water partition coefficient (Wildman–Crippen LogP) is 3.66. The van der Waals surface area contributed by atoms with Crippen LogP contribution in [0.5, 0.6) is 0 Å². The number of unbranched alkanes of at least 4 members (excludes halogenated alkanes) is 2. The van der Waals surface area contributed by atoms with E-state index in [1.54, 1.807) is 5.54 Å². The zero-order valence-corrected chi connectivity index (χ0v) is 8.05. The minimum absolute atomic E-state index is 1.06. The first-order chi connectivity index (χ1) is 4.91. The van der Waals surface area contributed by atoms with Crippen LogP contribution in [0.25, 0.3) is 0 Å². The second-order valence-corrected chi connectivity index (χ2v) is 3.55. The minimum Gasteiger partial charge on any atom is -0.158 e. The van der Waals surface area contributed by atoms with Gasteiger partial charge >= 0.3 is 0 Å². The fourth-order valence-electron chi connectivity index (χ4n) is 0.642. The highest BCUT2D eigenvalue weighted by atomic mass is 35.5. The lowest BCUT2D eigenvalue weighted by atomic mass is 10.3. The topological polar surface area (TPSA) is 0 Å². The second-order valence-electron chi connectivity index (χ2n) is 2.14. The molecule has 0 fully saturated rings. The van der Waals surface area contributed by atoms with Crippen molar-refractivity contribution in [2.45, 2.75) is 26.2 Å². The maximum Gasteiger partial charge on any atom is 0.0125 e. The Morgan fingerprint density at radius 1 is 1.40 bits per heavy atom. The Kier molecular flexibility index (Phi) is 9.74. The van der Waals surface area contributed by atoms with E-state index in [1.165, 1.54) is 25.0 Å². The van der Waals surface area contributed by atoms with Gasteiger partial charge in [-0.1, -0.05) is 37.4 Å². The Bertz CT molecular complexity index is 81.3. The van der Waals surface area contributed by atoms with Crippen LogP contribution in [0, 0.1) is 0 Å². The van der Waals surface area contributed by atoms with Crippen LogP contribution in [0.3, 0.4) is 0 Å². The standard InChI is InChI=1S/C8H15ClS/c1-2-3-4-7-10-8-5-6-9/h5-6H,2-4,7-8H2,1H3/b6-5+. The molecule has 10 heavy (non-hydrogen) atoms. The van der Waals surface area contributed by atoms with Gasteiger partial charge in [0, 0.05) is 11.3 Å². The summed E-state index contributed by atoms with van der Waals surface area (Å²) in [7, 11) is 0. The molecular formula is C8H15ClS. The highest BCUT2D eigenvalue weighted by Crippen LogP contribution is 2.05. The molecule has 0 N–H and O–H groups in total. The smallest absolute Gasteiger partial charge is 0.0125 e. The summed E-state index contributed by atoms with van der Waals surface area (Å²) in [6.07, 6.45) is 6.00. The molecule has 60 valence electrons. The van der Waals surface area contributed by atoms with E-state index >= 15 is 0 Å². The molecule has 0 aromatic carbocycles. The van der Waals surface area contributed by atoms with Gasteiger partial charge in [-0.05, 0) is 12.2 Å². The molecule has 0 aromatic rings. The van der Waals surface area contributed by atoms with E-state index in [1.807, 2.05) is 17.8 Å². The van der Waals surface area contributed by atoms with E-state index < -0.39 is 0 Å². The third-order valence-corrected chi connectivity index (χ3v) is 2.38. The maximum atomic E-state index is 5.35. The van der Waals surface area contributed by atoms with Crippen LogP contribution < -0.4 is 0 Å². The van der Waals surface area contributed by atoms with E-state index in [9.17, 15) is 0 Å². The van der Waals surface area contributed by atoms with Crippen LogP contribution in [0.1, 0.15) is 26.2 Å². The van der Waals surface area contributed by atoms with Crippen molar-refractivity contribution in [1.29, 1.82) is 0 Å². The summed E-state index contributed by atoms with van der Waals surface area (Å²) in [6, 6.07) is 0. The molecule has 0 aliphatic rings. The molecule has 0 saturated carbocycles. The van der Waals surface area contributed by atoms with Crippen molar-refractivity contribution >= 4 is 23.4 Å². The third kappa shape index (κ3) is 8.38. The minimum atomic E-state index is 1.06. The fraction of sp³-hybridized carbons (Fsp3) is 0.750. The molecule has 0 radical (unpaired) electrons. The lowest BCUT2D eigenvalue weighted by Crippen LogP contribution is -1.79. The van der Waals surface area contributed by atoms with E-state index in [0.717, 1.165) is 5.75 Å². The molecule has 0 nitrogen and oxygen atoms in total. The highest BCUT2D eigenvalue weighted by Gasteiger charge is 1.85. The van der Waals surface area contributed by atoms with E-state index in [4.69, 9.17) is 11.6 Å². The highest BCUT2D eigenvalue weighted by molar-refractivity contribution is 7.99. The van der Waals surface area contributed by atoms with Crippen LogP contribution in [0.15, 0.2) is 11.6 Å². The van der Waals surface area contributed by atoms with Crippen molar-refractivity contribution in [3.63, 3.8) is 0 Å². The normalized spacial score (nSPS) is 11.0. The van der Waals surface area contributed by atoms with Gasteiger partial charge in [0.05, 0.1) is 0 Å². The first-order valence-corrected chi connectivity index (χ1v) is 5.34. The van der Waals surface area contributed by atoms with Gasteiger partial charge in [0.15, 0.2) is 0 Å². The number of rotatable bonds is 6. The second kappa shape index (κ2) is 9.38. The SMILES string of the molecule is CCCCCSC/C=C/Cl. The molecule has 0 bridgehead atoms. The quantitative estimate of drug-likeness (QED) is 0.560. The molecule has 0 aromatic heterocycles. The zero-order valence-electron chi connectivity index (χ0n) is 6.48. The van der Waals surface area contributed by atoms with Crippen molar-refractivity contribution in [3.05, 3.63) is 11.6 Å². The van der Waals surface area contributed by atoms with Crippen molar-refractivity contribution in [1.82, 2.24) is 0 Å². The predicted molar refractivity (Wildman–Crippen MR) is 51.8 cm³/mol. The Labute approximate surface area is 73.0 Å². The maximum absolute atomic E-state index is 5.35. The number of hydrogen-bond donors (Lipinski definition) is 0. The van der Waals surface area contributed by atoms with Gasteiger partial charge in [-0.15, -0.1) is 0 Å². The summed E-state index contributed by atoms with van der Waals surface area (Å²) in [5, 5.41) is 0. The fourth-order valence-corrected chi connectivity index (χ4v) is 1.64. The summed E-state index contributed by atoms with van der Waals surface area (Å²) < 4.78 is 0. The lowest BCUT2D eigenvalue weighted by molar-refractivity contribution is 0.779. The molecule has 2 heteroatoms. The average Bonchev–Trinajstić information content (AvgIpc) is 1.97. The lowest BCUT2D eigenvalue weighted by Gasteiger charge is -1.95. The summed E-state index contributed by atoms with van der Waals surface area (Å²) in [5.41, 5.74) is 1.59. The molecular weight excluding hydrogens is 164 g/mol. The molecule has 0 amide bonds. The van der Waals surface area contributed by atoms with E-state index in [2.05, 4.69) is 6.92 Å². The van der Waals surface area contributed by atoms with Crippen LogP contribution in [-0.4, -0.2) is 11.5 Å². The van der Waals surface area contributed by atoms with Gasteiger partial charge < -0.3 is 0 Å². The van der Waals surface area contributed by atoms with Crippen LogP contribution >= 0.6 is 23.4 Å². The van der Waals surface area contributed by atoms with E-state index in [-0.39, 0.29) is 0 Å². The average molecular weight is 179 g/mol. The van der Waals surface area contributed by atoms with Crippen LogP contribution in [-0.2, 0) is 0 Å². The van der Waals surface area contributed by atoms with Gasteiger partial charge in [-0.3, -0.25) is 0 Å². The Morgan fingerprint density at radius 3 is 2.80 bits per heavy atom. The Hall–Kier alpha value is 0.380. The van der Waals surface area contributed by atoms with Gasteiger partial charge in [0.1, 0.15) is 0 Å². The van der Waals surface area contributed by atoms with Gasteiger partial charge in [-0.25, -0.2) is 0 Å². The molecule has 0 aliphatic heterocycles. The number of hydrogen-bond acceptors (Lipinski definition) is 1. The van der Waals surface area contributed by atoms with Crippen molar-refractivity contribution < 1.29 is 0 Å². The van der Waals surface area contributed by atoms with Crippen molar-refractivity contribution in [2.75, 3.05) is 11.5 Å². The summed E-state index contributed by atoms with van der Waals surface area (Å²) in [4.78, 5) is 0. The summed E-state index contributed by atoms with van der Waals surface area (Å²) >= 11 is 7.29. The molecule has 0 aliphatic carbocycles. The number of halogens is 1. The molecule has 0 rings (SSSR count). The first kappa shape index (κ1) is 10.4. The third-order valence-electron chi connectivity index (χ3n) is 1.20. The zero-order chi connectivity index (χ0) is 7.66. The number of thioether (sulfide) groups is 1. The summed E-state index contributed by atoms with van der Waals surface area (Å²) in [5.74, 6) is 2.34. The molecule has 0 heterocycles. The van der Waals surface area contributed by atoms with Gasteiger partial charge in [0.2, 0.25) is 0 Å². The van der Waals surface area contributed by atoms with Crippen LogP contribution in [0.2, 0.25) is 0 Å². The monoisotopic (exact) mass is 178 g/mol. The summed E-state index contributed by atoms with van der Waals surface area (Å²) in [6.45, 7) is 2.23. The van der Waals surface area contributed by atoms with E-state index in [0.29, 0.717) is 0 Å². The largest absolute Gasteiger partial charge is 0.158 e. The van der Waals surface area contributed by atoms with Crippen molar-refractivity contribution in [2.24, 2.45) is 0 Å². The Morgan fingerprint density at radius 2 is 2.20 bits per heavy atom. The van der Waals surface area contributed by atoms with Gasteiger partial charge in [-0.2, -0.15) is 11.8 Å². The first-order valence-electron chi connectivity index (χ1n) is 3.74. The molecule has 0 spiro atoms. The van der Waals surface area contributed by atoms with Crippen molar-refractivity contribution in [3.8, 4) is 0 Å². The Balaban J connectivity index is 2.77. The van der Waals surface area contributed by atoms with Crippen LogP contribution in [0.4, 0.5) is 0 Å². The van der Waals surface area contributed by atoms with Gasteiger partial charge in [0.25, 0.3) is 0 Å². The molecule has 0 atom stereocenters.